The molecule has 11 heteroatoms. The molecular weight excluding hydrogens is 450 g/mol. The van der Waals surface area contributed by atoms with Crippen molar-refractivity contribution >= 4 is 23.6 Å². The zero-order valence-corrected chi connectivity index (χ0v) is 19.3. The molecule has 11 nitrogen and oxygen atoms in total. The van der Waals surface area contributed by atoms with Crippen LogP contribution in [0.15, 0.2) is 78.1 Å². The van der Waals surface area contributed by atoms with E-state index in [0.29, 0.717) is 23.4 Å². The highest BCUT2D eigenvalue weighted by atomic mass is 16.7. The Morgan fingerprint density at radius 3 is 2.46 bits per heavy atom. The Morgan fingerprint density at radius 1 is 1.14 bits per heavy atom. The van der Waals surface area contributed by atoms with Crippen molar-refractivity contribution in [2.24, 2.45) is 5.11 Å². The van der Waals surface area contributed by atoms with Crippen molar-refractivity contribution in [1.82, 2.24) is 20.2 Å². The maximum Gasteiger partial charge on any atom is 0.267 e. The van der Waals surface area contributed by atoms with Gasteiger partial charge >= 0.3 is 0 Å². The minimum Gasteiger partial charge on any atom is -0.354 e. The van der Waals surface area contributed by atoms with Crippen LogP contribution in [0.2, 0.25) is 0 Å². The van der Waals surface area contributed by atoms with E-state index in [1.54, 1.807) is 48.9 Å². The summed E-state index contributed by atoms with van der Waals surface area (Å²) in [4.78, 5) is 32.5. The molecule has 1 heterocycles. The summed E-state index contributed by atoms with van der Waals surface area (Å²) in [6, 6.07) is 13.6. The predicted octanol–water partition coefficient (Wildman–Crippen LogP) is 3.38. The Morgan fingerprint density at radius 2 is 1.86 bits per heavy atom. The van der Waals surface area contributed by atoms with E-state index >= 15 is 0 Å². The van der Waals surface area contributed by atoms with E-state index in [4.69, 9.17) is 15.0 Å². The summed E-state index contributed by atoms with van der Waals surface area (Å²) in [7, 11) is 2.92. The van der Waals surface area contributed by atoms with E-state index in [2.05, 4.69) is 25.6 Å². The number of benzene rings is 2. The first kappa shape index (κ1) is 25.2. The Balaban J connectivity index is 1.77. The zero-order valence-electron chi connectivity index (χ0n) is 19.3. The van der Waals surface area contributed by atoms with E-state index in [-0.39, 0.29) is 12.2 Å². The lowest BCUT2D eigenvalue weighted by atomic mass is 10.1. The maximum atomic E-state index is 12.9. The van der Waals surface area contributed by atoms with Crippen LogP contribution < -0.4 is 10.6 Å². The maximum absolute atomic E-state index is 12.9. The summed E-state index contributed by atoms with van der Waals surface area (Å²) < 4.78 is 12.1. The van der Waals surface area contributed by atoms with Gasteiger partial charge in [-0.05, 0) is 34.9 Å². The van der Waals surface area contributed by atoms with E-state index in [9.17, 15) is 9.59 Å². The lowest BCUT2D eigenvalue weighted by molar-refractivity contribution is -0.124. The number of ether oxygens (including phenoxy) is 2. The van der Waals surface area contributed by atoms with Crippen molar-refractivity contribution in [1.29, 1.82) is 0 Å². The standard InChI is InChI=1S/C24H25N7O4/c1-34-22(35-2)14-27-24(33)21(13-17-5-9-20(10-6-17)29-30-25)28-23(32)19-7-3-18(4-8-19)15-31-12-11-26-16-31/h3-13,16,22H,14-15H2,1-2H3,(H,27,33)(H,28,32)/b21-13+. The van der Waals surface area contributed by atoms with Gasteiger partial charge in [0.05, 0.1) is 12.9 Å². The van der Waals surface area contributed by atoms with Crippen LogP contribution in [0.4, 0.5) is 5.69 Å². The molecule has 0 bridgehead atoms. The number of carbonyl (C=O) groups excluding carboxylic acids is 2. The Bertz CT molecular complexity index is 1200. The molecule has 180 valence electrons. The van der Waals surface area contributed by atoms with Crippen molar-refractivity contribution in [3.05, 3.63) is 100 Å². The van der Waals surface area contributed by atoms with Gasteiger partial charge in [-0.3, -0.25) is 9.59 Å². The molecule has 0 saturated heterocycles. The third-order valence-electron chi connectivity index (χ3n) is 4.95. The van der Waals surface area contributed by atoms with Gasteiger partial charge < -0.3 is 24.7 Å². The number of imidazole rings is 1. The van der Waals surface area contributed by atoms with Gasteiger partial charge in [-0.2, -0.15) is 0 Å². The lowest BCUT2D eigenvalue weighted by Crippen LogP contribution is -2.39. The van der Waals surface area contributed by atoms with Crippen LogP contribution in [0.25, 0.3) is 16.5 Å². The summed E-state index contributed by atoms with van der Waals surface area (Å²) in [6.45, 7) is 0.708. The summed E-state index contributed by atoms with van der Waals surface area (Å²) in [5.41, 5.74) is 11.0. The molecular formula is C24H25N7O4. The largest absolute Gasteiger partial charge is 0.354 e. The first-order chi connectivity index (χ1) is 17.0. The summed E-state index contributed by atoms with van der Waals surface area (Å²) in [5, 5.41) is 8.88. The number of aromatic nitrogens is 2. The monoisotopic (exact) mass is 475 g/mol. The fraction of sp³-hybridized carbons (Fsp3) is 0.208. The molecule has 3 rings (SSSR count). The Labute approximate surface area is 202 Å². The number of amides is 2. The normalized spacial score (nSPS) is 11.1. The number of hydrogen-bond acceptors (Lipinski definition) is 6. The molecule has 2 amide bonds. The molecule has 2 N–H and O–H groups in total. The highest BCUT2D eigenvalue weighted by Crippen LogP contribution is 2.15. The summed E-state index contributed by atoms with van der Waals surface area (Å²) >= 11 is 0. The molecule has 0 aliphatic rings. The minimum atomic E-state index is -0.637. The van der Waals surface area contributed by atoms with Crippen molar-refractivity contribution in [2.45, 2.75) is 12.8 Å². The van der Waals surface area contributed by atoms with Crippen LogP contribution in [-0.4, -0.2) is 48.4 Å². The number of carbonyl (C=O) groups is 2. The van der Waals surface area contributed by atoms with Crippen molar-refractivity contribution in [3.63, 3.8) is 0 Å². The predicted molar refractivity (Wildman–Crippen MR) is 129 cm³/mol. The van der Waals surface area contributed by atoms with Crippen molar-refractivity contribution in [3.8, 4) is 0 Å². The van der Waals surface area contributed by atoms with Crippen LogP contribution in [-0.2, 0) is 20.8 Å². The van der Waals surface area contributed by atoms with Gasteiger partial charge in [0.25, 0.3) is 11.8 Å². The molecule has 1 aromatic heterocycles. The lowest BCUT2D eigenvalue weighted by Gasteiger charge is -2.16. The smallest absolute Gasteiger partial charge is 0.267 e. The Hall–Kier alpha value is -4.44. The molecule has 0 aliphatic carbocycles. The number of hydrogen-bond donors (Lipinski definition) is 2. The fourth-order valence-electron chi connectivity index (χ4n) is 3.10. The number of methoxy groups -OCH3 is 2. The first-order valence-electron chi connectivity index (χ1n) is 10.6. The van der Waals surface area contributed by atoms with Gasteiger partial charge in [-0.25, -0.2) is 4.98 Å². The number of nitrogens with zero attached hydrogens (tertiary/aromatic N) is 5. The van der Waals surface area contributed by atoms with Gasteiger partial charge in [0.15, 0.2) is 6.29 Å². The quantitative estimate of drug-likeness (QED) is 0.144. The SMILES string of the molecule is COC(CNC(=O)/C(=C\c1ccc(N=[N+]=[N-])cc1)NC(=O)c1ccc(Cn2ccnc2)cc1)OC. The molecule has 0 radical (unpaired) electrons. The summed E-state index contributed by atoms with van der Waals surface area (Å²) in [6.07, 6.45) is 6.16. The average molecular weight is 476 g/mol. The highest BCUT2D eigenvalue weighted by molar-refractivity contribution is 6.05. The van der Waals surface area contributed by atoms with E-state index in [0.717, 1.165) is 5.56 Å². The molecule has 0 spiro atoms. The number of rotatable bonds is 11. The number of azide groups is 1. The minimum absolute atomic E-state index is 0.0278. The van der Waals surface area contributed by atoms with Gasteiger partial charge in [0, 0.05) is 49.3 Å². The molecule has 2 aromatic carbocycles. The average Bonchev–Trinajstić information content (AvgIpc) is 3.39. The molecule has 0 aliphatic heterocycles. The topological polar surface area (TPSA) is 143 Å². The summed E-state index contributed by atoms with van der Waals surface area (Å²) in [5.74, 6) is -0.963. The van der Waals surface area contributed by atoms with Crippen LogP contribution >= 0.6 is 0 Å². The zero-order chi connectivity index (χ0) is 25.0. The molecule has 0 saturated carbocycles. The van der Waals surface area contributed by atoms with Crippen molar-refractivity contribution in [2.75, 3.05) is 20.8 Å². The van der Waals surface area contributed by atoms with Crippen LogP contribution in [0, 0.1) is 0 Å². The van der Waals surface area contributed by atoms with E-state index in [1.807, 2.05) is 22.9 Å². The van der Waals surface area contributed by atoms with Gasteiger partial charge in [0.2, 0.25) is 0 Å². The highest BCUT2D eigenvalue weighted by Gasteiger charge is 2.16. The van der Waals surface area contributed by atoms with Crippen LogP contribution in [0.5, 0.6) is 0 Å². The van der Waals surface area contributed by atoms with Crippen molar-refractivity contribution < 1.29 is 19.1 Å². The third-order valence-corrected chi connectivity index (χ3v) is 4.95. The molecule has 35 heavy (non-hydrogen) atoms. The number of nitrogens with one attached hydrogen (secondary N) is 2. The second-order valence-electron chi connectivity index (χ2n) is 7.34. The Kier molecular flexibility index (Phi) is 9.14. The van der Waals surface area contributed by atoms with Crippen LogP contribution in [0.3, 0.4) is 0 Å². The third kappa shape index (κ3) is 7.54. The molecule has 3 aromatic rings. The fourth-order valence-corrected chi connectivity index (χ4v) is 3.10. The van der Waals surface area contributed by atoms with E-state index in [1.165, 1.54) is 20.3 Å². The van der Waals surface area contributed by atoms with Gasteiger partial charge in [-0.15, -0.1) is 0 Å². The molecule has 0 fully saturated rings. The second kappa shape index (κ2) is 12.7. The second-order valence-corrected chi connectivity index (χ2v) is 7.34. The van der Waals surface area contributed by atoms with Gasteiger partial charge in [-0.1, -0.05) is 41.5 Å². The first-order valence-corrected chi connectivity index (χ1v) is 10.6. The van der Waals surface area contributed by atoms with Gasteiger partial charge in [0.1, 0.15) is 5.70 Å². The molecule has 0 unspecified atom stereocenters. The van der Waals surface area contributed by atoms with E-state index < -0.39 is 18.1 Å². The van der Waals surface area contributed by atoms with Crippen LogP contribution in [0.1, 0.15) is 21.5 Å². The molecule has 0 atom stereocenters.